The average Bonchev–Trinajstić information content (AvgIpc) is 2.14. The van der Waals surface area contributed by atoms with Crippen molar-refractivity contribution in [2.75, 3.05) is 6.61 Å². The first-order valence-corrected chi connectivity index (χ1v) is 5.02. The van der Waals surface area contributed by atoms with E-state index in [0.717, 1.165) is 5.56 Å². The Morgan fingerprint density at radius 1 is 1.40 bits per heavy atom. The van der Waals surface area contributed by atoms with Gasteiger partial charge in [-0.25, -0.2) is 0 Å². The Labute approximate surface area is 90.3 Å². The second-order valence-corrected chi connectivity index (χ2v) is 4.35. The van der Waals surface area contributed by atoms with Crippen molar-refractivity contribution in [3.8, 4) is 5.75 Å². The molecule has 1 aromatic rings. The van der Waals surface area contributed by atoms with Crippen molar-refractivity contribution >= 4 is 0 Å². The van der Waals surface area contributed by atoms with Gasteiger partial charge in [0.25, 0.3) is 0 Å². The number of rotatable bonds is 4. The lowest BCUT2D eigenvalue weighted by Gasteiger charge is -2.18. The van der Waals surface area contributed by atoms with Gasteiger partial charge < -0.3 is 14.9 Å². The minimum absolute atomic E-state index is 0.232. The summed E-state index contributed by atoms with van der Waals surface area (Å²) in [7, 11) is 0. The molecule has 1 aromatic carbocycles. The second kappa shape index (κ2) is 4.64. The van der Waals surface area contributed by atoms with Crippen molar-refractivity contribution in [1.29, 1.82) is 0 Å². The van der Waals surface area contributed by atoms with Crippen LogP contribution >= 0.6 is 0 Å². The lowest BCUT2D eigenvalue weighted by Crippen LogP contribution is -2.27. The molecule has 3 heteroatoms. The van der Waals surface area contributed by atoms with Crippen molar-refractivity contribution in [3.05, 3.63) is 29.8 Å². The molecule has 0 heterocycles. The maximum atomic E-state index is 9.48. The molecule has 0 bridgehead atoms. The fourth-order valence-corrected chi connectivity index (χ4v) is 1.12. The van der Waals surface area contributed by atoms with Crippen LogP contribution in [-0.2, 0) is 0 Å². The van der Waals surface area contributed by atoms with Crippen LogP contribution in [0.1, 0.15) is 32.4 Å². The summed E-state index contributed by atoms with van der Waals surface area (Å²) in [4.78, 5) is 0. The molecule has 0 aliphatic carbocycles. The molecule has 0 aromatic heterocycles. The number of hydrogen-bond donors (Lipinski definition) is 2. The monoisotopic (exact) mass is 210 g/mol. The molecule has 1 atom stereocenters. The van der Waals surface area contributed by atoms with Crippen LogP contribution in [-0.4, -0.2) is 22.4 Å². The summed E-state index contributed by atoms with van der Waals surface area (Å²) in [6.45, 7) is 5.31. The second-order valence-electron chi connectivity index (χ2n) is 4.35. The minimum Gasteiger partial charge on any atom is -0.491 e. The summed E-state index contributed by atoms with van der Waals surface area (Å²) in [5.74, 6) is 0.663. The van der Waals surface area contributed by atoms with E-state index in [-0.39, 0.29) is 6.61 Å². The topological polar surface area (TPSA) is 49.7 Å². The third-order valence-corrected chi connectivity index (χ3v) is 1.93. The highest BCUT2D eigenvalue weighted by atomic mass is 16.5. The number of ether oxygens (including phenoxy) is 1. The lowest BCUT2D eigenvalue weighted by atomic mass is 10.1. The molecule has 1 unspecified atom stereocenters. The summed E-state index contributed by atoms with van der Waals surface area (Å²) >= 11 is 0. The van der Waals surface area contributed by atoms with Gasteiger partial charge in [-0.05, 0) is 38.5 Å². The fourth-order valence-electron chi connectivity index (χ4n) is 1.12. The van der Waals surface area contributed by atoms with Gasteiger partial charge in [-0.2, -0.15) is 0 Å². The quantitative estimate of drug-likeness (QED) is 0.797. The van der Waals surface area contributed by atoms with Crippen molar-refractivity contribution < 1.29 is 14.9 Å². The summed E-state index contributed by atoms with van der Waals surface area (Å²) in [5, 5.41) is 18.9. The SMILES string of the molecule is CC(O)c1cccc(OCC(C)(C)O)c1. The van der Waals surface area contributed by atoms with Gasteiger partial charge >= 0.3 is 0 Å². The number of hydrogen-bond acceptors (Lipinski definition) is 3. The molecular formula is C12H18O3. The highest BCUT2D eigenvalue weighted by Gasteiger charge is 2.13. The smallest absolute Gasteiger partial charge is 0.119 e. The van der Waals surface area contributed by atoms with Crippen LogP contribution in [0.5, 0.6) is 5.75 Å². The first kappa shape index (κ1) is 12.0. The lowest BCUT2D eigenvalue weighted by molar-refractivity contribution is 0.0284. The summed E-state index contributed by atoms with van der Waals surface area (Å²) in [6.07, 6.45) is -0.504. The van der Waals surface area contributed by atoms with Gasteiger partial charge in [-0.1, -0.05) is 12.1 Å². The van der Waals surface area contributed by atoms with Crippen LogP contribution in [0.3, 0.4) is 0 Å². The molecule has 1 rings (SSSR count). The van der Waals surface area contributed by atoms with E-state index in [1.807, 2.05) is 12.1 Å². The van der Waals surface area contributed by atoms with Gasteiger partial charge in [0.2, 0.25) is 0 Å². The highest BCUT2D eigenvalue weighted by Crippen LogP contribution is 2.19. The summed E-state index contributed by atoms with van der Waals surface area (Å²) in [5.41, 5.74) is -0.0378. The zero-order chi connectivity index (χ0) is 11.5. The Morgan fingerprint density at radius 3 is 2.60 bits per heavy atom. The molecule has 0 saturated heterocycles. The normalized spacial score (nSPS) is 13.7. The summed E-state index contributed by atoms with van der Waals surface area (Å²) in [6, 6.07) is 7.23. The zero-order valence-electron chi connectivity index (χ0n) is 9.40. The van der Waals surface area contributed by atoms with Crippen LogP contribution in [0.4, 0.5) is 0 Å². The minimum atomic E-state index is -0.846. The van der Waals surface area contributed by atoms with Gasteiger partial charge in [-0.15, -0.1) is 0 Å². The molecule has 0 aliphatic rings. The summed E-state index contributed by atoms with van der Waals surface area (Å²) < 4.78 is 5.40. The average molecular weight is 210 g/mol. The Kier molecular flexibility index (Phi) is 3.72. The molecule has 84 valence electrons. The molecule has 0 amide bonds. The van der Waals surface area contributed by atoms with E-state index < -0.39 is 11.7 Å². The molecule has 0 saturated carbocycles. The van der Waals surface area contributed by atoms with E-state index in [9.17, 15) is 10.2 Å². The van der Waals surface area contributed by atoms with Crippen LogP contribution in [0.15, 0.2) is 24.3 Å². The predicted molar refractivity (Wildman–Crippen MR) is 58.9 cm³/mol. The maximum absolute atomic E-state index is 9.48. The molecule has 2 N–H and O–H groups in total. The fraction of sp³-hybridized carbons (Fsp3) is 0.500. The first-order valence-electron chi connectivity index (χ1n) is 5.02. The Morgan fingerprint density at radius 2 is 2.07 bits per heavy atom. The molecule has 0 radical (unpaired) electrons. The van der Waals surface area contributed by atoms with E-state index in [4.69, 9.17) is 4.74 Å². The van der Waals surface area contributed by atoms with E-state index in [1.165, 1.54) is 0 Å². The van der Waals surface area contributed by atoms with Gasteiger partial charge in [0, 0.05) is 0 Å². The van der Waals surface area contributed by atoms with Crippen LogP contribution < -0.4 is 4.74 Å². The van der Waals surface area contributed by atoms with E-state index in [2.05, 4.69) is 0 Å². The number of benzene rings is 1. The van der Waals surface area contributed by atoms with Gasteiger partial charge in [0.1, 0.15) is 12.4 Å². The Bertz CT molecular complexity index is 313. The van der Waals surface area contributed by atoms with Crippen molar-refractivity contribution in [3.63, 3.8) is 0 Å². The Balaban J connectivity index is 2.66. The molecule has 3 nitrogen and oxygen atoms in total. The van der Waals surface area contributed by atoms with Crippen molar-refractivity contribution in [2.45, 2.75) is 32.5 Å². The van der Waals surface area contributed by atoms with Crippen molar-refractivity contribution in [1.82, 2.24) is 0 Å². The van der Waals surface area contributed by atoms with Crippen LogP contribution in [0.2, 0.25) is 0 Å². The maximum Gasteiger partial charge on any atom is 0.119 e. The standard InChI is InChI=1S/C12H18O3/c1-9(13)10-5-4-6-11(7-10)15-8-12(2,3)14/h4-7,9,13-14H,8H2,1-3H3. The zero-order valence-corrected chi connectivity index (χ0v) is 9.40. The van der Waals surface area contributed by atoms with Crippen LogP contribution in [0.25, 0.3) is 0 Å². The molecule has 0 spiro atoms. The third-order valence-electron chi connectivity index (χ3n) is 1.93. The van der Waals surface area contributed by atoms with E-state index in [0.29, 0.717) is 5.75 Å². The first-order chi connectivity index (χ1) is 6.88. The van der Waals surface area contributed by atoms with Gasteiger partial charge in [0.15, 0.2) is 0 Å². The number of aliphatic hydroxyl groups is 2. The molecule has 0 aliphatic heterocycles. The van der Waals surface area contributed by atoms with Gasteiger partial charge in [0.05, 0.1) is 11.7 Å². The van der Waals surface area contributed by atoms with E-state index in [1.54, 1.807) is 32.9 Å². The highest BCUT2D eigenvalue weighted by molar-refractivity contribution is 5.29. The molecule has 15 heavy (non-hydrogen) atoms. The third kappa shape index (κ3) is 4.32. The molecular weight excluding hydrogens is 192 g/mol. The van der Waals surface area contributed by atoms with Crippen LogP contribution in [0, 0.1) is 0 Å². The predicted octanol–water partition coefficient (Wildman–Crippen LogP) is 1.89. The largest absolute Gasteiger partial charge is 0.491 e. The van der Waals surface area contributed by atoms with E-state index >= 15 is 0 Å². The van der Waals surface area contributed by atoms with Gasteiger partial charge in [-0.3, -0.25) is 0 Å². The Hall–Kier alpha value is -1.06. The molecule has 0 fully saturated rings. The number of aliphatic hydroxyl groups excluding tert-OH is 1. The van der Waals surface area contributed by atoms with Crippen molar-refractivity contribution in [2.24, 2.45) is 0 Å².